The van der Waals surface area contributed by atoms with Gasteiger partial charge in [0.2, 0.25) is 5.41 Å². The van der Waals surface area contributed by atoms with E-state index in [9.17, 15) is 19.2 Å². The van der Waals surface area contributed by atoms with Gasteiger partial charge in [-0.15, -0.1) is 0 Å². The molecule has 0 fully saturated rings. The molecular weight excluding hydrogens is 666 g/mol. The van der Waals surface area contributed by atoms with Gasteiger partial charge in [0, 0.05) is 31.5 Å². The maximum Gasteiger partial charge on any atom is 0.411 e. The minimum absolute atomic E-state index is 0.114. The first-order valence-electron chi connectivity index (χ1n) is 15.4. The van der Waals surface area contributed by atoms with Gasteiger partial charge in [-0.05, 0) is 77.2 Å². The molecule has 0 unspecified atom stereocenters. The quantitative estimate of drug-likeness (QED) is 0.175. The summed E-state index contributed by atoms with van der Waals surface area (Å²) in [5, 5.41) is 0. The van der Waals surface area contributed by atoms with Crippen molar-refractivity contribution in [1.29, 1.82) is 0 Å². The van der Waals surface area contributed by atoms with Crippen molar-refractivity contribution in [3.8, 4) is 0 Å². The maximum absolute atomic E-state index is 15.0. The van der Waals surface area contributed by atoms with Gasteiger partial charge in [0.15, 0.2) is 0 Å². The Balaban J connectivity index is 1.20. The fourth-order valence-electron chi connectivity index (χ4n) is 7.55. The number of hydrogen-bond donors (Lipinski definition) is 0. The second kappa shape index (κ2) is 10.2. The van der Waals surface area contributed by atoms with Gasteiger partial charge >= 0.3 is 12.4 Å². The third-order valence-electron chi connectivity index (χ3n) is 10.0. The Morgan fingerprint density at radius 2 is 1.04 bits per heavy atom. The smallest absolute Gasteiger partial charge is 0.349 e. The summed E-state index contributed by atoms with van der Waals surface area (Å²) < 4.78 is 90.2. The van der Waals surface area contributed by atoms with Crippen LogP contribution >= 0.6 is 0 Å². The summed E-state index contributed by atoms with van der Waals surface area (Å²) in [4.78, 5) is 57.9. The van der Waals surface area contributed by atoms with Crippen molar-refractivity contribution in [2.45, 2.75) is 37.8 Å². The van der Waals surface area contributed by atoms with E-state index < -0.39 is 63.7 Å². The molecule has 2 bridgehead atoms. The van der Waals surface area contributed by atoms with Crippen molar-refractivity contribution in [2.24, 2.45) is 0 Å². The van der Waals surface area contributed by atoms with Gasteiger partial charge in [-0.25, -0.2) is 4.90 Å². The molecule has 4 aliphatic rings. The normalized spacial score (nSPS) is 17.0. The van der Waals surface area contributed by atoms with E-state index >= 15 is 26.3 Å². The third-order valence-corrected chi connectivity index (χ3v) is 10.0. The molecule has 14 heteroatoms. The van der Waals surface area contributed by atoms with Gasteiger partial charge in [-0.2, -0.15) is 26.3 Å². The number of amides is 4. The van der Waals surface area contributed by atoms with Gasteiger partial charge in [0.25, 0.3) is 23.6 Å². The van der Waals surface area contributed by atoms with Gasteiger partial charge < -0.3 is 9.80 Å². The molecule has 254 valence electrons. The highest BCUT2D eigenvalue weighted by Gasteiger charge is 2.73. The number of alkyl halides is 6. The highest BCUT2D eigenvalue weighted by atomic mass is 19.4. The molecule has 0 spiro atoms. The molecule has 4 aliphatic heterocycles. The van der Waals surface area contributed by atoms with E-state index in [-0.39, 0.29) is 16.8 Å². The van der Waals surface area contributed by atoms with Crippen molar-refractivity contribution in [2.75, 3.05) is 28.4 Å². The fourth-order valence-corrected chi connectivity index (χ4v) is 7.55. The first-order valence-corrected chi connectivity index (χ1v) is 15.4. The molecule has 8 nitrogen and oxygen atoms in total. The van der Waals surface area contributed by atoms with Crippen LogP contribution in [0.1, 0.15) is 69.2 Å². The number of fused-ring (bicyclic) bond motifs is 8. The molecule has 0 atom stereocenters. The largest absolute Gasteiger partial charge is 0.411 e. The molecule has 4 aromatic carbocycles. The first-order chi connectivity index (χ1) is 23.5. The number of rotatable bonds is 3. The van der Waals surface area contributed by atoms with Crippen LogP contribution in [-0.2, 0) is 18.5 Å². The minimum atomic E-state index is -6.05. The van der Waals surface area contributed by atoms with Gasteiger partial charge in [-0.1, -0.05) is 30.3 Å². The number of anilines is 3. The monoisotopic (exact) mass is 690 g/mol. The topological polar surface area (TPSA) is 81.2 Å². The Morgan fingerprint density at radius 1 is 0.560 bits per heavy atom. The van der Waals surface area contributed by atoms with Crippen LogP contribution in [0, 0.1) is 6.92 Å². The van der Waals surface area contributed by atoms with Crippen LogP contribution in [0.3, 0.4) is 0 Å². The van der Waals surface area contributed by atoms with E-state index in [1.807, 2.05) is 19.1 Å². The maximum atomic E-state index is 15.0. The van der Waals surface area contributed by atoms with E-state index in [0.717, 1.165) is 52.1 Å². The lowest BCUT2D eigenvalue weighted by atomic mass is 9.71. The molecule has 4 amide bonds. The second-order valence-electron chi connectivity index (χ2n) is 12.9. The lowest BCUT2D eigenvalue weighted by molar-refractivity contribution is -0.288. The van der Waals surface area contributed by atoms with Crippen molar-refractivity contribution in [1.82, 2.24) is 4.90 Å². The average Bonchev–Trinajstić information content (AvgIpc) is 3.43. The molecule has 4 aromatic rings. The molecule has 0 radical (unpaired) electrons. The molecule has 0 aromatic heterocycles. The molecule has 0 saturated heterocycles. The molecule has 4 heterocycles. The van der Waals surface area contributed by atoms with E-state index in [1.54, 1.807) is 12.1 Å². The van der Waals surface area contributed by atoms with Gasteiger partial charge in [0.1, 0.15) is 0 Å². The lowest BCUT2D eigenvalue weighted by Gasteiger charge is -2.45. The second-order valence-corrected chi connectivity index (χ2v) is 12.9. The molecule has 0 aliphatic carbocycles. The SMILES string of the molecule is Cc1ccc2c(c1)N1Cc3ccc(N4C(=O)c5ccc(C(c6ccc7c(c6)C(=O)N(C)C7=O)(C(F)(F)F)C(F)(F)F)cc5C4=O)cc3N(C2)C1. The van der Waals surface area contributed by atoms with Crippen molar-refractivity contribution in [3.05, 3.63) is 123 Å². The van der Waals surface area contributed by atoms with Crippen LogP contribution in [0.2, 0.25) is 0 Å². The molecule has 8 rings (SSSR count). The number of hydrogen-bond acceptors (Lipinski definition) is 6. The molecule has 0 N–H and O–H groups in total. The Labute approximate surface area is 280 Å². The highest BCUT2D eigenvalue weighted by Crippen LogP contribution is 2.57. The van der Waals surface area contributed by atoms with Crippen LogP contribution < -0.4 is 14.7 Å². The first kappa shape index (κ1) is 31.6. The number of imide groups is 2. The lowest BCUT2D eigenvalue weighted by Crippen LogP contribution is -2.55. The summed E-state index contributed by atoms with van der Waals surface area (Å²) in [5.41, 5.74) is -4.37. The minimum Gasteiger partial charge on any atom is -0.349 e. The predicted molar refractivity (Wildman–Crippen MR) is 168 cm³/mol. The summed E-state index contributed by atoms with van der Waals surface area (Å²) >= 11 is 0. The van der Waals surface area contributed by atoms with E-state index in [2.05, 4.69) is 15.9 Å². The predicted octanol–water partition coefficient (Wildman–Crippen LogP) is 6.73. The molecular formula is C36H24F6N4O4. The summed E-state index contributed by atoms with van der Waals surface area (Å²) in [6.07, 6.45) is -12.1. The zero-order chi connectivity index (χ0) is 35.7. The molecule has 50 heavy (non-hydrogen) atoms. The van der Waals surface area contributed by atoms with Crippen molar-refractivity contribution >= 4 is 40.7 Å². The Morgan fingerprint density at radius 3 is 1.62 bits per heavy atom. The van der Waals surface area contributed by atoms with Crippen molar-refractivity contribution in [3.63, 3.8) is 0 Å². The standard InChI is InChI=1S/C36H24F6N4O4/c1-18-3-4-19-15-45-17-44(28(19)11-18)16-20-5-8-23(14-29(20)45)46-32(49)25-10-7-22(13-27(25)33(46)50)34(35(37,38)39,36(40,41)42)21-6-9-24-26(12-21)31(48)43(2)30(24)47/h3-14H,15-17H2,1-2H3. The fraction of sp³-hybridized carbons (Fsp3) is 0.222. The zero-order valence-corrected chi connectivity index (χ0v) is 26.2. The summed E-state index contributed by atoms with van der Waals surface area (Å²) in [6.45, 7) is 3.63. The Hall–Kier alpha value is -5.66. The number of aryl methyl sites for hydroxylation is 1. The number of halogens is 6. The van der Waals surface area contributed by atoms with Crippen molar-refractivity contribution < 1.29 is 45.5 Å². The van der Waals surface area contributed by atoms with Crippen LogP contribution in [0.4, 0.5) is 43.4 Å². The Kier molecular flexibility index (Phi) is 6.44. The number of carbonyl (C=O) groups is 4. The highest BCUT2D eigenvalue weighted by molar-refractivity contribution is 6.34. The number of carbonyl (C=O) groups excluding carboxylic acids is 4. The van der Waals surface area contributed by atoms with Gasteiger partial charge in [0.05, 0.1) is 34.6 Å². The van der Waals surface area contributed by atoms with Crippen LogP contribution in [0.5, 0.6) is 0 Å². The average molecular weight is 691 g/mol. The van der Waals surface area contributed by atoms with Crippen LogP contribution in [-0.4, -0.2) is 54.6 Å². The van der Waals surface area contributed by atoms with Crippen LogP contribution in [0.15, 0.2) is 72.8 Å². The summed E-state index contributed by atoms with van der Waals surface area (Å²) in [7, 11) is 1.06. The summed E-state index contributed by atoms with van der Waals surface area (Å²) in [5.74, 6) is -3.92. The van der Waals surface area contributed by atoms with E-state index in [0.29, 0.717) is 48.9 Å². The Bertz CT molecular complexity index is 2220. The number of benzene rings is 4. The zero-order valence-electron chi connectivity index (χ0n) is 26.2. The van der Waals surface area contributed by atoms with Gasteiger partial charge in [-0.3, -0.25) is 24.1 Å². The third kappa shape index (κ3) is 4.13. The molecule has 0 saturated carbocycles. The van der Waals surface area contributed by atoms with E-state index in [1.165, 1.54) is 6.07 Å². The number of nitrogens with zero attached hydrogens (tertiary/aromatic N) is 4. The van der Waals surface area contributed by atoms with Crippen LogP contribution in [0.25, 0.3) is 0 Å². The summed E-state index contributed by atoms with van der Waals surface area (Å²) in [6, 6.07) is 14.5. The van der Waals surface area contributed by atoms with E-state index in [4.69, 9.17) is 0 Å².